The number of hydrogen-bond donors (Lipinski definition) is 3. The molecule has 0 bridgehead atoms. The second-order valence-corrected chi connectivity index (χ2v) is 3.34. The Labute approximate surface area is 82.0 Å². The summed E-state index contributed by atoms with van der Waals surface area (Å²) in [5, 5.41) is 6.10. The van der Waals surface area contributed by atoms with Gasteiger partial charge in [-0.05, 0) is 13.0 Å². The van der Waals surface area contributed by atoms with Crippen molar-refractivity contribution >= 4 is 5.95 Å². The van der Waals surface area contributed by atoms with Crippen molar-refractivity contribution < 1.29 is 0 Å². The molecule has 1 aromatic heterocycles. The molecule has 0 radical (unpaired) electrons. The van der Waals surface area contributed by atoms with Gasteiger partial charge in [-0.15, -0.1) is 0 Å². The number of nitrogens with zero attached hydrogens (tertiary/aromatic N) is 1. The summed E-state index contributed by atoms with van der Waals surface area (Å²) < 4.78 is 0. The van der Waals surface area contributed by atoms with Crippen molar-refractivity contribution in [1.29, 1.82) is 0 Å². The molecule has 1 aromatic rings. The Balaban J connectivity index is 2.48. The number of hydrogen-bond acceptors (Lipinski definition) is 4. The van der Waals surface area contributed by atoms with Crippen molar-refractivity contribution in [2.24, 2.45) is 0 Å². The number of rotatable bonds is 1. The van der Waals surface area contributed by atoms with Crippen LogP contribution < -0.4 is 16.2 Å². The maximum atomic E-state index is 11.6. The van der Waals surface area contributed by atoms with E-state index in [4.69, 9.17) is 0 Å². The van der Waals surface area contributed by atoms with Crippen LogP contribution in [0.2, 0.25) is 0 Å². The highest BCUT2D eigenvalue weighted by Crippen LogP contribution is 2.07. The second kappa shape index (κ2) is 3.79. The van der Waals surface area contributed by atoms with E-state index in [1.807, 2.05) is 0 Å². The molecule has 5 heteroatoms. The lowest BCUT2D eigenvalue weighted by Crippen LogP contribution is -2.20. The molecular weight excluding hydrogens is 180 g/mol. The molecular formula is C9H14N4O. The van der Waals surface area contributed by atoms with Gasteiger partial charge in [0.1, 0.15) is 0 Å². The maximum Gasteiger partial charge on any atom is 0.255 e. The Morgan fingerprint density at radius 2 is 2.14 bits per heavy atom. The lowest BCUT2D eigenvalue weighted by atomic mass is 10.1. The monoisotopic (exact) mass is 194 g/mol. The standard InChI is InChI=1S/C9H14N4O/c1-10-9-12-7-3-5-11-4-2-6(7)8(14)13-9/h11H,2-5H2,1H3,(H2,10,12,13,14). The lowest BCUT2D eigenvalue weighted by Gasteiger charge is -2.05. The van der Waals surface area contributed by atoms with Crippen molar-refractivity contribution in [3.05, 3.63) is 21.6 Å². The molecule has 76 valence electrons. The van der Waals surface area contributed by atoms with Crippen molar-refractivity contribution in [3.63, 3.8) is 0 Å². The van der Waals surface area contributed by atoms with Crippen LogP contribution in [-0.4, -0.2) is 30.1 Å². The van der Waals surface area contributed by atoms with E-state index in [-0.39, 0.29) is 5.56 Å². The van der Waals surface area contributed by atoms with E-state index in [2.05, 4.69) is 20.6 Å². The SMILES string of the molecule is CNc1nc2c(c(=O)[nH]1)CCNCC2. The Hall–Kier alpha value is -1.36. The minimum atomic E-state index is -0.0111. The molecule has 14 heavy (non-hydrogen) atoms. The van der Waals surface area contributed by atoms with Crippen LogP contribution in [0, 0.1) is 0 Å². The average molecular weight is 194 g/mol. The van der Waals surface area contributed by atoms with E-state index >= 15 is 0 Å². The summed E-state index contributed by atoms with van der Waals surface area (Å²) in [5.74, 6) is 0.552. The van der Waals surface area contributed by atoms with E-state index in [0.717, 1.165) is 37.2 Å². The summed E-state index contributed by atoms with van der Waals surface area (Å²) in [6, 6.07) is 0. The van der Waals surface area contributed by atoms with Gasteiger partial charge in [-0.25, -0.2) is 4.98 Å². The fraction of sp³-hybridized carbons (Fsp3) is 0.556. The first-order chi connectivity index (χ1) is 6.81. The Bertz CT molecular complexity index is 385. The van der Waals surface area contributed by atoms with Crippen LogP contribution in [0.4, 0.5) is 5.95 Å². The van der Waals surface area contributed by atoms with Gasteiger partial charge in [0.2, 0.25) is 5.95 Å². The Morgan fingerprint density at radius 3 is 2.93 bits per heavy atom. The number of H-pyrrole nitrogens is 1. The number of anilines is 1. The van der Waals surface area contributed by atoms with Gasteiger partial charge in [-0.2, -0.15) is 0 Å². The summed E-state index contributed by atoms with van der Waals surface area (Å²) >= 11 is 0. The van der Waals surface area contributed by atoms with Crippen LogP contribution in [0.5, 0.6) is 0 Å². The molecule has 0 saturated carbocycles. The molecule has 0 aliphatic carbocycles. The fourth-order valence-corrected chi connectivity index (χ4v) is 1.67. The molecule has 0 spiro atoms. The summed E-state index contributed by atoms with van der Waals surface area (Å²) in [5.41, 5.74) is 1.74. The zero-order chi connectivity index (χ0) is 9.97. The first-order valence-electron chi connectivity index (χ1n) is 4.82. The van der Waals surface area contributed by atoms with Crippen molar-refractivity contribution in [3.8, 4) is 0 Å². The van der Waals surface area contributed by atoms with E-state index in [9.17, 15) is 4.79 Å². The minimum absolute atomic E-state index is 0.0111. The molecule has 5 nitrogen and oxygen atoms in total. The Morgan fingerprint density at radius 1 is 1.36 bits per heavy atom. The summed E-state index contributed by atoms with van der Waals surface area (Å²) in [7, 11) is 1.75. The zero-order valence-corrected chi connectivity index (χ0v) is 8.18. The van der Waals surface area contributed by atoms with Crippen LogP contribution in [-0.2, 0) is 12.8 Å². The third-order valence-corrected chi connectivity index (χ3v) is 2.43. The van der Waals surface area contributed by atoms with Crippen LogP contribution in [0.25, 0.3) is 0 Å². The third kappa shape index (κ3) is 1.63. The van der Waals surface area contributed by atoms with Crippen LogP contribution >= 0.6 is 0 Å². The van der Waals surface area contributed by atoms with E-state index in [1.165, 1.54) is 0 Å². The molecule has 0 fully saturated rings. The van der Waals surface area contributed by atoms with Gasteiger partial charge in [0.25, 0.3) is 5.56 Å². The normalized spacial score (nSPS) is 15.8. The van der Waals surface area contributed by atoms with E-state index in [1.54, 1.807) is 7.05 Å². The number of nitrogens with one attached hydrogen (secondary N) is 3. The quantitative estimate of drug-likeness (QED) is 0.563. The first-order valence-corrected chi connectivity index (χ1v) is 4.82. The molecule has 0 unspecified atom stereocenters. The predicted octanol–water partition coefficient (Wildman–Crippen LogP) is -0.500. The van der Waals surface area contributed by atoms with Gasteiger partial charge >= 0.3 is 0 Å². The largest absolute Gasteiger partial charge is 0.359 e. The predicted molar refractivity (Wildman–Crippen MR) is 54.7 cm³/mol. The lowest BCUT2D eigenvalue weighted by molar-refractivity contribution is 0.708. The van der Waals surface area contributed by atoms with Gasteiger partial charge in [-0.3, -0.25) is 9.78 Å². The molecule has 2 rings (SSSR count). The summed E-state index contributed by atoms with van der Waals surface area (Å²) in [6.45, 7) is 1.75. The van der Waals surface area contributed by atoms with Gasteiger partial charge < -0.3 is 10.6 Å². The van der Waals surface area contributed by atoms with Crippen LogP contribution in [0.15, 0.2) is 4.79 Å². The zero-order valence-electron chi connectivity index (χ0n) is 8.18. The van der Waals surface area contributed by atoms with Crippen LogP contribution in [0.3, 0.4) is 0 Å². The topological polar surface area (TPSA) is 69.8 Å². The first kappa shape index (κ1) is 9.21. The van der Waals surface area contributed by atoms with Crippen molar-refractivity contribution in [2.75, 3.05) is 25.5 Å². The molecule has 1 aliphatic rings. The van der Waals surface area contributed by atoms with Gasteiger partial charge in [0.15, 0.2) is 0 Å². The van der Waals surface area contributed by atoms with Crippen LogP contribution in [0.1, 0.15) is 11.3 Å². The van der Waals surface area contributed by atoms with E-state index < -0.39 is 0 Å². The highest BCUT2D eigenvalue weighted by molar-refractivity contribution is 5.29. The van der Waals surface area contributed by atoms with E-state index in [0.29, 0.717) is 5.95 Å². The summed E-state index contributed by atoms with van der Waals surface area (Å²) in [4.78, 5) is 18.7. The van der Waals surface area contributed by atoms with Crippen molar-refractivity contribution in [2.45, 2.75) is 12.8 Å². The molecule has 3 N–H and O–H groups in total. The molecule has 0 aromatic carbocycles. The number of aromatic amines is 1. The smallest absolute Gasteiger partial charge is 0.255 e. The fourth-order valence-electron chi connectivity index (χ4n) is 1.67. The second-order valence-electron chi connectivity index (χ2n) is 3.34. The molecule has 0 atom stereocenters. The molecule has 2 heterocycles. The maximum absolute atomic E-state index is 11.6. The van der Waals surface area contributed by atoms with Gasteiger partial charge in [0, 0.05) is 25.6 Å². The van der Waals surface area contributed by atoms with Gasteiger partial charge in [-0.1, -0.05) is 0 Å². The van der Waals surface area contributed by atoms with Crippen molar-refractivity contribution in [1.82, 2.24) is 15.3 Å². The summed E-state index contributed by atoms with van der Waals surface area (Å²) in [6.07, 6.45) is 1.59. The van der Waals surface area contributed by atoms with Gasteiger partial charge in [0.05, 0.1) is 5.69 Å². The molecule has 0 amide bonds. The minimum Gasteiger partial charge on any atom is -0.359 e. The number of aromatic nitrogens is 2. The Kier molecular flexibility index (Phi) is 2.49. The average Bonchev–Trinajstić information content (AvgIpc) is 2.42. The number of fused-ring (bicyclic) bond motifs is 1. The molecule has 0 saturated heterocycles. The third-order valence-electron chi connectivity index (χ3n) is 2.43. The molecule has 1 aliphatic heterocycles. The highest BCUT2D eigenvalue weighted by Gasteiger charge is 2.13. The highest BCUT2D eigenvalue weighted by atomic mass is 16.1.